The molecule has 0 unspecified atom stereocenters. The number of halogens is 2. The summed E-state index contributed by atoms with van der Waals surface area (Å²) in [6, 6.07) is 9.33. The Morgan fingerprint density at radius 3 is 2.14 bits per heavy atom. The van der Waals surface area contributed by atoms with E-state index in [1.807, 2.05) is 35.2 Å². The van der Waals surface area contributed by atoms with Crippen LogP contribution in [0.2, 0.25) is 10.0 Å². The number of hydrogen-bond acceptors (Lipinski definition) is 3. The van der Waals surface area contributed by atoms with Gasteiger partial charge in [-0.2, -0.15) is 0 Å². The first-order chi connectivity index (χ1) is 10.7. The van der Waals surface area contributed by atoms with Crippen LogP contribution < -0.4 is 4.90 Å². The van der Waals surface area contributed by atoms with Crippen LogP contribution in [-0.2, 0) is 0 Å². The number of anilines is 1. The third-order valence-corrected chi connectivity index (χ3v) is 4.29. The maximum absolute atomic E-state index is 12.4. The third-order valence-electron chi connectivity index (χ3n) is 3.73. The molecule has 0 bridgehead atoms. The molecule has 0 spiro atoms. The van der Waals surface area contributed by atoms with E-state index >= 15 is 0 Å². The van der Waals surface area contributed by atoms with Crippen LogP contribution in [0.15, 0.2) is 42.7 Å². The van der Waals surface area contributed by atoms with Crippen molar-refractivity contribution in [3.8, 4) is 0 Å². The Balaban J connectivity index is 1.69. The van der Waals surface area contributed by atoms with Crippen molar-refractivity contribution in [2.24, 2.45) is 0 Å². The zero-order valence-electron chi connectivity index (χ0n) is 11.9. The van der Waals surface area contributed by atoms with Gasteiger partial charge in [-0.25, -0.2) is 0 Å². The van der Waals surface area contributed by atoms with E-state index in [4.69, 9.17) is 23.2 Å². The minimum absolute atomic E-state index is 0.0622. The summed E-state index contributed by atoms with van der Waals surface area (Å²) in [4.78, 5) is 20.3. The van der Waals surface area contributed by atoms with Gasteiger partial charge in [0.2, 0.25) is 0 Å². The lowest BCUT2D eigenvalue weighted by Crippen LogP contribution is -2.49. The summed E-state index contributed by atoms with van der Waals surface area (Å²) in [5, 5.41) is 1.07. The molecule has 1 saturated heterocycles. The predicted molar refractivity (Wildman–Crippen MR) is 88.8 cm³/mol. The summed E-state index contributed by atoms with van der Waals surface area (Å²) >= 11 is 12.4. The van der Waals surface area contributed by atoms with Crippen molar-refractivity contribution >= 4 is 34.8 Å². The molecule has 2 aromatic rings. The fraction of sp³-hybridized carbons (Fsp3) is 0.250. The van der Waals surface area contributed by atoms with E-state index < -0.39 is 0 Å². The fourth-order valence-electron chi connectivity index (χ4n) is 2.60. The predicted octanol–water partition coefficient (Wildman–Crippen LogP) is 3.35. The van der Waals surface area contributed by atoms with Gasteiger partial charge in [-0.3, -0.25) is 9.78 Å². The maximum atomic E-state index is 12.4. The minimum atomic E-state index is 0.0622. The summed E-state index contributed by atoms with van der Waals surface area (Å²) in [7, 11) is 0. The highest BCUT2D eigenvalue weighted by Crippen LogP contribution is 2.33. The minimum Gasteiger partial charge on any atom is -0.365 e. The largest absolute Gasteiger partial charge is 0.365 e. The monoisotopic (exact) mass is 335 g/mol. The molecular weight excluding hydrogens is 321 g/mol. The molecular formula is C16H15Cl2N3O. The third kappa shape index (κ3) is 3.03. The van der Waals surface area contributed by atoms with Gasteiger partial charge in [0.05, 0.1) is 15.7 Å². The lowest BCUT2D eigenvalue weighted by atomic mass is 10.2. The standard InChI is InChI=1S/C16H15Cl2N3O/c17-13-10-19-11-14(18)15(13)20-6-8-21(9-7-20)16(22)12-4-2-1-3-5-12/h1-5,10-11H,6-9H2. The average molecular weight is 336 g/mol. The van der Waals surface area contributed by atoms with E-state index in [1.54, 1.807) is 12.4 Å². The second-order valence-corrected chi connectivity index (χ2v) is 5.91. The van der Waals surface area contributed by atoms with Gasteiger partial charge in [0.1, 0.15) is 0 Å². The zero-order chi connectivity index (χ0) is 15.5. The first-order valence-corrected chi connectivity index (χ1v) is 7.80. The van der Waals surface area contributed by atoms with Crippen molar-refractivity contribution in [3.63, 3.8) is 0 Å². The SMILES string of the molecule is O=C(c1ccccc1)N1CCN(c2c(Cl)cncc2Cl)CC1. The van der Waals surface area contributed by atoms with E-state index in [9.17, 15) is 4.79 Å². The normalized spacial score (nSPS) is 15.0. The fourth-order valence-corrected chi connectivity index (χ4v) is 3.21. The molecule has 1 fully saturated rings. The van der Waals surface area contributed by atoms with Gasteiger partial charge in [-0.05, 0) is 12.1 Å². The number of benzene rings is 1. The Morgan fingerprint density at radius 1 is 0.955 bits per heavy atom. The van der Waals surface area contributed by atoms with Crippen molar-refractivity contribution in [2.45, 2.75) is 0 Å². The lowest BCUT2D eigenvalue weighted by Gasteiger charge is -2.36. The molecule has 1 aromatic carbocycles. The molecule has 0 atom stereocenters. The number of hydrogen-bond donors (Lipinski definition) is 0. The van der Waals surface area contributed by atoms with E-state index in [0.29, 0.717) is 36.2 Å². The van der Waals surface area contributed by atoms with Crippen LogP contribution in [0.25, 0.3) is 0 Å². The van der Waals surface area contributed by atoms with Crippen LogP contribution in [0, 0.1) is 0 Å². The highest BCUT2D eigenvalue weighted by Gasteiger charge is 2.24. The molecule has 2 heterocycles. The van der Waals surface area contributed by atoms with Gasteiger partial charge in [-0.15, -0.1) is 0 Å². The van der Waals surface area contributed by atoms with E-state index in [-0.39, 0.29) is 5.91 Å². The number of piperazine rings is 1. The van der Waals surface area contributed by atoms with Crippen molar-refractivity contribution in [1.82, 2.24) is 9.88 Å². The molecule has 0 radical (unpaired) electrons. The van der Waals surface area contributed by atoms with Gasteiger partial charge in [0.25, 0.3) is 5.91 Å². The highest BCUT2D eigenvalue weighted by molar-refractivity contribution is 6.38. The maximum Gasteiger partial charge on any atom is 0.253 e. The van der Waals surface area contributed by atoms with Crippen molar-refractivity contribution < 1.29 is 4.79 Å². The number of carbonyl (C=O) groups excluding carboxylic acids is 1. The Hall–Kier alpha value is -1.78. The Labute approximate surface area is 139 Å². The number of rotatable bonds is 2. The average Bonchev–Trinajstić information content (AvgIpc) is 2.55. The van der Waals surface area contributed by atoms with Crippen LogP contribution in [0.3, 0.4) is 0 Å². The summed E-state index contributed by atoms with van der Waals surface area (Å²) in [5.41, 5.74) is 1.51. The molecule has 1 aliphatic rings. The lowest BCUT2D eigenvalue weighted by molar-refractivity contribution is 0.0747. The molecule has 114 valence electrons. The van der Waals surface area contributed by atoms with Crippen LogP contribution in [0.1, 0.15) is 10.4 Å². The van der Waals surface area contributed by atoms with Crippen molar-refractivity contribution in [2.75, 3.05) is 31.1 Å². The van der Waals surface area contributed by atoms with E-state index in [2.05, 4.69) is 9.88 Å². The smallest absolute Gasteiger partial charge is 0.253 e. The second kappa shape index (κ2) is 6.55. The second-order valence-electron chi connectivity index (χ2n) is 5.10. The van der Waals surface area contributed by atoms with Gasteiger partial charge < -0.3 is 9.80 Å². The summed E-state index contributed by atoms with van der Waals surface area (Å²) in [5.74, 6) is 0.0622. The van der Waals surface area contributed by atoms with E-state index in [1.165, 1.54) is 0 Å². The Bertz CT molecular complexity index is 650. The first kappa shape index (κ1) is 15.1. The quantitative estimate of drug-likeness (QED) is 0.844. The van der Waals surface area contributed by atoms with Crippen LogP contribution in [0.5, 0.6) is 0 Å². The van der Waals surface area contributed by atoms with Gasteiger partial charge >= 0.3 is 0 Å². The van der Waals surface area contributed by atoms with E-state index in [0.717, 1.165) is 11.3 Å². The number of amides is 1. The number of carbonyl (C=O) groups is 1. The molecule has 0 N–H and O–H groups in total. The molecule has 0 saturated carbocycles. The Kier molecular flexibility index (Phi) is 4.50. The molecule has 3 rings (SSSR count). The highest BCUT2D eigenvalue weighted by atomic mass is 35.5. The van der Waals surface area contributed by atoms with Crippen molar-refractivity contribution in [3.05, 3.63) is 58.3 Å². The molecule has 6 heteroatoms. The molecule has 22 heavy (non-hydrogen) atoms. The summed E-state index contributed by atoms with van der Waals surface area (Å²) in [6.45, 7) is 2.68. The van der Waals surface area contributed by atoms with Crippen LogP contribution in [0.4, 0.5) is 5.69 Å². The van der Waals surface area contributed by atoms with Gasteiger partial charge in [-0.1, -0.05) is 41.4 Å². The summed E-state index contributed by atoms with van der Waals surface area (Å²) < 4.78 is 0. The number of nitrogens with zero attached hydrogens (tertiary/aromatic N) is 3. The number of pyridine rings is 1. The van der Waals surface area contributed by atoms with Gasteiger partial charge in [0, 0.05) is 44.1 Å². The topological polar surface area (TPSA) is 36.4 Å². The number of aromatic nitrogens is 1. The summed E-state index contributed by atoms with van der Waals surface area (Å²) in [6.07, 6.45) is 3.18. The van der Waals surface area contributed by atoms with Crippen LogP contribution >= 0.6 is 23.2 Å². The Morgan fingerprint density at radius 2 is 1.55 bits per heavy atom. The van der Waals surface area contributed by atoms with Crippen molar-refractivity contribution in [1.29, 1.82) is 0 Å². The molecule has 0 aliphatic carbocycles. The molecule has 1 aromatic heterocycles. The molecule has 1 aliphatic heterocycles. The molecule has 4 nitrogen and oxygen atoms in total. The molecule has 1 amide bonds. The zero-order valence-corrected chi connectivity index (χ0v) is 13.4. The van der Waals surface area contributed by atoms with Gasteiger partial charge in [0.15, 0.2) is 0 Å². The van der Waals surface area contributed by atoms with Crippen LogP contribution in [-0.4, -0.2) is 42.0 Å². The first-order valence-electron chi connectivity index (χ1n) is 7.05.